The largest absolute Gasteiger partial charge is 0.480 e. The normalized spacial score (nSPS) is 11.8. The number of nitro benzene ring substituents is 2. The molecule has 0 fully saturated rings. The minimum Gasteiger partial charge on any atom is -0.480 e. The van der Waals surface area contributed by atoms with E-state index >= 15 is 0 Å². The van der Waals surface area contributed by atoms with E-state index in [1.807, 2.05) is 6.92 Å². The van der Waals surface area contributed by atoms with Crippen LogP contribution in [-0.4, -0.2) is 21.0 Å². The van der Waals surface area contributed by atoms with Crippen molar-refractivity contribution in [3.63, 3.8) is 0 Å². The Bertz CT molecular complexity index is 619. The molecule has 0 saturated heterocycles. The van der Waals surface area contributed by atoms with Crippen LogP contribution in [0.4, 0.5) is 11.4 Å². The maximum atomic E-state index is 11.0. The summed E-state index contributed by atoms with van der Waals surface area (Å²) in [6.45, 7) is 4.09. The van der Waals surface area contributed by atoms with Crippen LogP contribution < -0.4 is 0 Å². The van der Waals surface area contributed by atoms with Gasteiger partial charge in [0.05, 0.1) is 22.0 Å². The molecule has 8 heteroatoms. The molecule has 1 aromatic rings. The molecular weight excluding hydrogens is 368 g/mol. The molecule has 1 atom stereocenters. The molecule has 0 aliphatic rings. The first-order valence-electron chi connectivity index (χ1n) is 9.50. The molecule has 1 rings (SSSR count). The molecule has 0 amide bonds. The highest BCUT2D eigenvalue weighted by Gasteiger charge is 2.19. The van der Waals surface area contributed by atoms with Crippen molar-refractivity contribution >= 4 is 28.6 Å². The Morgan fingerprint density at radius 1 is 0.963 bits per heavy atom. The van der Waals surface area contributed by atoms with Gasteiger partial charge in [0.15, 0.2) is 5.05 Å². The molecule has 0 aliphatic heterocycles. The van der Waals surface area contributed by atoms with Crippen molar-refractivity contribution in [3.05, 3.63) is 44.0 Å². The standard InChI is InChI=1S/C19H28N2O5S/c1-3-4-5-6-7-8-9-10-11-15(2)26-19(27)16-12-17(20(22)23)14-18(13-16)21(24)25/h12-15H,3-11H2,1-2H3. The van der Waals surface area contributed by atoms with Crippen LogP contribution in [0.15, 0.2) is 18.2 Å². The van der Waals surface area contributed by atoms with E-state index in [-0.39, 0.29) is 28.1 Å². The molecule has 0 spiro atoms. The summed E-state index contributed by atoms with van der Waals surface area (Å²) >= 11 is 5.18. The van der Waals surface area contributed by atoms with Crippen molar-refractivity contribution in [3.8, 4) is 0 Å². The van der Waals surface area contributed by atoms with Crippen molar-refractivity contribution in [1.29, 1.82) is 0 Å². The molecule has 27 heavy (non-hydrogen) atoms. The zero-order valence-electron chi connectivity index (χ0n) is 16.0. The summed E-state index contributed by atoms with van der Waals surface area (Å²) in [5.74, 6) is 0. The number of thiocarbonyl (C=S) groups is 1. The van der Waals surface area contributed by atoms with E-state index < -0.39 is 9.85 Å². The Morgan fingerprint density at radius 3 is 1.93 bits per heavy atom. The number of non-ortho nitro benzene ring substituents is 2. The summed E-state index contributed by atoms with van der Waals surface area (Å²) in [5, 5.41) is 22.0. The van der Waals surface area contributed by atoms with Crippen LogP contribution in [0.2, 0.25) is 0 Å². The summed E-state index contributed by atoms with van der Waals surface area (Å²) in [4.78, 5) is 20.6. The molecule has 0 bridgehead atoms. The van der Waals surface area contributed by atoms with Crippen molar-refractivity contribution in [2.45, 2.75) is 77.7 Å². The van der Waals surface area contributed by atoms with E-state index in [0.717, 1.165) is 25.3 Å². The van der Waals surface area contributed by atoms with E-state index in [9.17, 15) is 20.2 Å². The van der Waals surface area contributed by atoms with E-state index in [1.54, 1.807) is 0 Å². The van der Waals surface area contributed by atoms with Crippen LogP contribution in [0.3, 0.4) is 0 Å². The van der Waals surface area contributed by atoms with Crippen LogP contribution in [0.1, 0.15) is 77.2 Å². The van der Waals surface area contributed by atoms with Crippen LogP contribution in [0.25, 0.3) is 0 Å². The summed E-state index contributed by atoms with van der Waals surface area (Å²) in [6.07, 6.45) is 10.4. The SMILES string of the molecule is CCCCCCCCCCC(C)OC(=S)c1cc([N+](=O)[O-])cc([N+](=O)[O-])c1. The highest BCUT2D eigenvalue weighted by Crippen LogP contribution is 2.24. The highest BCUT2D eigenvalue weighted by molar-refractivity contribution is 7.80. The molecule has 0 aliphatic carbocycles. The predicted molar refractivity (Wildman–Crippen MR) is 109 cm³/mol. The van der Waals surface area contributed by atoms with Crippen molar-refractivity contribution < 1.29 is 14.6 Å². The van der Waals surface area contributed by atoms with E-state index in [0.29, 0.717) is 0 Å². The zero-order valence-corrected chi connectivity index (χ0v) is 16.8. The van der Waals surface area contributed by atoms with Crippen molar-refractivity contribution in [2.24, 2.45) is 0 Å². The average molecular weight is 397 g/mol. The summed E-state index contributed by atoms with van der Waals surface area (Å²) in [5.41, 5.74) is -0.560. The lowest BCUT2D eigenvalue weighted by Gasteiger charge is -2.15. The van der Waals surface area contributed by atoms with Gasteiger partial charge in [-0.2, -0.15) is 0 Å². The topological polar surface area (TPSA) is 95.5 Å². The van der Waals surface area contributed by atoms with Gasteiger partial charge in [-0.3, -0.25) is 20.2 Å². The Balaban J connectivity index is 2.46. The average Bonchev–Trinajstić information content (AvgIpc) is 2.63. The molecule has 0 radical (unpaired) electrons. The first-order valence-corrected chi connectivity index (χ1v) is 9.90. The minimum absolute atomic E-state index is 0.0499. The second-order valence-corrected chi connectivity index (χ2v) is 7.10. The molecule has 1 aromatic carbocycles. The molecule has 7 nitrogen and oxygen atoms in total. The molecule has 0 saturated carbocycles. The molecule has 150 valence electrons. The van der Waals surface area contributed by atoms with Gasteiger partial charge in [-0.25, -0.2) is 0 Å². The third kappa shape index (κ3) is 8.90. The Kier molecular flexibility index (Phi) is 10.5. The lowest BCUT2D eigenvalue weighted by molar-refractivity contribution is -0.394. The van der Waals surface area contributed by atoms with Gasteiger partial charge in [0.1, 0.15) is 0 Å². The van der Waals surface area contributed by atoms with Crippen molar-refractivity contribution in [1.82, 2.24) is 0 Å². The fourth-order valence-electron chi connectivity index (χ4n) is 2.80. The third-order valence-electron chi connectivity index (χ3n) is 4.33. The van der Waals surface area contributed by atoms with Crippen LogP contribution >= 0.6 is 12.2 Å². The zero-order chi connectivity index (χ0) is 20.2. The molecular formula is C19H28N2O5S. The van der Waals surface area contributed by atoms with Crippen LogP contribution in [0.5, 0.6) is 0 Å². The van der Waals surface area contributed by atoms with Gasteiger partial charge in [-0.1, -0.05) is 51.9 Å². The van der Waals surface area contributed by atoms with Gasteiger partial charge in [0, 0.05) is 17.7 Å². The summed E-state index contributed by atoms with van der Waals surface area (Å²) in [7, 11) is 0. The fraction of sp³-hybridized carbons (Fsp3) is 0.632. The predicted octanol–water partition coefficient (Wildman–Crippen LogP) is 6.11. The van der Waals surface area contributed by atoms with Gasteiger partial charge in [0.25, 0.3) is 11.4 Å². The Hall–Kier alpha value is -2.09. The summed E-state index contributed by atoms with van der Waals surface area (Å²) < 4.78 is 5.65. The van der Waals surface area contributed by atoms with Crippen LogP contribution in [-0.2, 0) is 4.74 Å². The number of nitrogens with zero attached hydrogens (tertiary/aromatic N) is 2. The number of hydrogen-bond acceptors (Lipinski definition) is 6. The first kappa shape index (κ1) is 23.0. The lowest BCUT2D eigenvalue weighted by atomic mass is 10.1. The van der Waals surface area contributed by atoms with E-state index in [2.05, 4.69) is 6.92 Å². The smallest absolute Gasteiger partial charge is 0.277 e. The number of ether oxygens (including phenoxy) is 1. The number of unbranched alkanes of at least 4 members (excludes halogenated alkanes) is 7. The maximum absolute atomic E-state index is 11.0. The molecule has 0 aromatic heterocycles. The third-order valence-corrected chi connectivity index (χ3v) is 4.66. The van der Waals surface area contributed by atoms with Crippen molar-refractivity contribution in [2.75, 3.05) is 0 Å². The Morgan fingerprint density at radius 2 is 1.44 bits per heavy atom. The number of benzene rings is 1. The fourth-order valence-corrected chi connectivity index (χ4v) is 3.08. The number of hydrogen-bond donors (Lipinski definition) is 0. The second-order valence-electron chi connectivity index (χ2n) is 6.73. The highest BCUT2D eigenvalue weighted by atomic mass is 32.1. The van der Waals surface area contributed by atoms with Gasteiger partial charge in [-0.05, 0) is 32.0 Å². The molecule has 0 N–H and O–H groups in total. The molecule has 1 unspecified atom stereocenters. The van der Waals surface area contributed by atoms with Gasteiger partial charge < -0.3 is 4.74 Å². The number of nitro groups is 2. The Labute approximate surface area is 165 Å². The number of rotatable bonds is 13. The van der Waals surface area contributed by atoms with Gasteiger partial charge in [0.2, 0.25) is 0 Å². The lowest BCUT2D eigenvalue weighted by Crippen LogP contribution is -2.14. The molecule has 0 heterocycles. The minimum atomic E-state index is -0.678. The van der Waals surface area contributed by atoms with Gasteiger partial charge >= 0.3 is 0 Å². The quantitative estimate of drug-likeness (QED) is 0.173. The second kappa shape index (κ2) is 12.3. The summed E-state index contributed by atoms with van der Waals surface area (Å²) in [6, 6.07) is 3.33. The van der Waals surface area contributed by atoms with E-state index in [1.165, 1.54) is 50.7 Å². The maximum Gasteiger partial charge on any atom is 0.277 e. The van der Waals surface area contributed by atoms with Gasteiger partial charge in [-0.15, -0.1) is 0 Å². The monoisotopic (exact) mass is 396 g/mol. The van der Waals surface area contributed by atoms with E-state index in [4.69, 9.17) is 17.0 Å². The van der Waals surface area contributed by atoms with Crippen LogP contribution in [0, 0.1) is 20.2 Å². The first-order chi connectivity index (χ1) is 12.8.